The van der Waals surface area contributed by atoms with Crippen LogP contribution in [0.4, 0.5) is 0 Å². The van der Waals surface area contributed by atoms with Crippen LogP contribution in [0.1, 0.15) is 30.2 Å². The van der Waals surface area contributed by atoms with Gasteiger partial charge >= 0.3 is 0 Å². The van der Waals surface area contributed by atoms with E-state index in [1.807, 2.05) is 7.05 Å². The summed E-state index contributed by atoms with van der Waals surface area (Å²) in [6.07, 6.45) is 0.866. The molecule has 0 radical (unpaired) electrons. The molecule has 0 amide bonds. The maximum atomic E-state index is 5.71. The Morgan fingerprint density at radius 3 is 3.05 bits per heavy atom. The molecule has 7 heteroatoms. The van der Waals surface area contributed by atoms with Gasteiger partial charge in [0, 0.05) is 25.7 Å². The Morgan fingerprint density at radius 1 is 1.35 bits per heavy atom. The van der Waals surface area contributed by atoms with Crippen LogP contribution in [0.15, 0.2) is 4.52 Å². The van der Waals surface area contributed by atoms with E-state index in [1.165, 1.54) is 0 Å². The molecule has 7 nitrogen and oxygen atoms in total. The van der Waals surface area contributed by atoms with Gasteiger partial charge in [-0.2, -0.15) is 4.98 Å². The Bertz CT molecular complexity index is 439. The molecule has 1 N–H and O–H groups in total. The standard InChI is InChI=1S/C13H22N4O3/c1-14-10-3-5-18-8-9(10)13-15-12(16-20-13)11-7-17(2)4-6-19-11/h9-11,14H,3-8H2,1-2H3. The fraction of sp³-hybridized carbons (Fsp3) is 0.846. The third-order valence-corrected chi connectivity index (χ3v) is 4.06. The van der Waals surface area contributed by atoms with Crippen LogP contribution in [-0.2, 0) is 9.47 Å². The number of hydrogen-bond acceptors (Lipinski definition) is 7. The van der Waals surface area contributed by atoms with E-state index in [1.54, 1.807) is 0 Å². The molecule has 0 aromatic carbocycles. The van der Waals surface area contributed by atoms with Crippen LogP contribution in [0.3, 0.4) is 0 Å². The number of nitrogens with zero attached hydrogens (tertiary/aromatic N) is 3. The van der Waals surface area contributed by atoms with Crippen LogP contribution >= 0.6 is 0 Å². The minimum absolute atomic E-state index is 0.0937. The SMILES string of the molecule is CNC1CCOCC1c1nc(C2CN(C)CCO2)no1. The highest BCUT2D eigenvalue weighted by Gasteiger charge is 2.32. The predicted molar refractivity (Wildman–Crippen MR) is 71.5 cm³/mol. The summed E-state index contributed by atoms with van der Waals surface area (Å²) in [5.41, 5.74) is 0. The number of rotatable bonds is 3. The second-order valence-corrected chi connectivity index (χ2v) is 5.48. The summed E-state index contributed by atoms with van der Waals surface area (Å²) in [5, 5.41) is 7.40. The average Bonchev–Trinajstić information content (AvgIpc) is 2.97. The molecule has 0 spiro atoms. The molecule has 0 aliphatic carbocycles. The van der Waals surface area contributed by atoms with Gasteiger partial charge in [0.05, 0.1) is 19.1 Å². The molecule has 0 bridgehead atoms. The molecule has 1 aromatic rings. The number of morpholine rings is 1. The monoisotopic (exact) mass is 282 g/mol. The number of likely N-dealkylation sites (N-methyl/N-ethyl adjacent to an activating group) is 2. The predicted octanol–water partition coefficient (Wildman–Crippen LogP) is 0.165. The zero-order valence-corrected chi connectivity index (χ0v) is 12.0. The van der Waals surface area contributed by atoms with Crippen LogP contribution in [0, 0.1) is 0 Å². The second kappa shape index (κ2) is 6.17. The molecule has 3 heterocycles. The van der Waals surface area contributed by atoms with Crippen molar-refractivity contribution in [2.45, 2.75) is 24.5 Å². The highest BCUT2D eigenvalue weighted by atomic mass is 16.5. The molecular formula is C13H22N4O3. The Hall–Kier alpha value is -1.02. The van der Waals surface area contributed by atoms with Gasteiger partial charge in [-0.1, -0.05) is 5.16 Å². The van der Waals surface area contributed by atoms with E-state index in [2.05, 4.69) is 27.4 Å². The van der Waals surface area contributed by atoms with Gasteiger partial charge < -0.3 is 24.2 Å². The van der Waals surface area contributed by atoms with Gasteiger partial charge in [0.2, 0.25) is 11.7 Å². The van der Waals surface area contributed by atoms with Crippen molar-refractivity contribution < 1.29 is 14.0 Å². The summed E-state index contributed by atoms with van der Waals surface area (Å²) in [7, 11) is 4.03. The molecule has 20 heavy (non-hydrogen) atoms. The zero-order chi connectivity index (χ0) is 13.9. The fourth-order valence-corrected chi connectivity index (χ4v) is 2.79. The highest BCUT2D eigenvalue weighted by molar-refractivity contribution is 5.03. The minimum atomic E-state index is -0.0937. The summed E-state index contributed by atoms with van der Waals surface area (Å²) in [5.74, 6) is 1.42. The van der Waals surface area contributed by atoms with Crippen molar-refractivity contribution in [3.8, 4) is 0 Å². The molecule has 2 saturated heterocycles. The highest BCUT2D eigenvalue weighted by Crippen LogP contribution is 2.26. The molecular weight excluding hydrogens is 260 g/mol. The van der Waals surface area contributed by atoms with E-state index in [0.29, 0.717) is 31.0 Å². The fourth-order valence-electron chi connectivity index (χ4n) is 2.79. The Labute approximate surface area is 118 Å². The van der Waals surface area contributed by atoms with E-state index in [-0.39, 0.29) is 12.0 Å². The van der Waals surface area contributed by atoms with Gasteiger partial charge in [-0.25, -0.2) is 0 Å². The first kappa shape index (κ1) is 13.9. The summed E-state index contributed by atoms with van der Waals surface area (Å²) in [6.45, 7) is 3.85. The van der Waals surface area contributed by atoms with E-state index in [9.17, 15) is 0 Å². The van der Waals surface area contributed by atoms with Crippen LogP contribution in [0.5, 0.6) is 0 Å². The number of ether oxygens (including phenoxy) is 2. The topological polar surface area (TPSA) is 72.7 Å². The number of aromatic nitrogens is 2. The molecule has 0 saturated carbocycles. The largest absolute Gasteiger partial charge is 0.381 e. The molecule has 3 atom stereocenters. The van der Waals surface area contributed by atoms with Crippen LogP contribution < -0.4 is 5.32 Å². The lowest BCUT2D eigenvalue weighted by atomic mass is 9.96. The molecule has 3 rings (SSSR count). The van der Waals surface area contributed by atoms with Crippen molar-refractivity contribution in [3.05, 3.63) is 11.7 Å². The molecule has 2 aliphatic heterocycles. The molecule has 1 aromatic heterocycles. The van der Waals surface area contributed by atoms with Gasteiger partial charge in [0.25, 0.3) is 0 Å². The van der Waals surface area contributed by atoms with E-state index in [4.69, 9.17) is 14.0 Å². The quantitative estimate of drug-likeness (QED) is 0.847. The summed E-state index contributed by atoms with van der Waals surface area (Å²) >= 11 is 0. The maximum Gasteiger partial charge on any atom is 0.233 e. The first-order valence-corrected chi connectivity index (χ1v) is 7.16. The first-order chi connectivity index (χ1) is 9.78. The molecule has 2 fully saturated rings. The third kappa shape index (κ3) is 2.85. The zero-order valence-electron chi connectivity index (χ0n) is 12.0. The third-order valence-electron chi connectivity index (χ3n) is 4.06. The number of nitrogens with one attached hydrogen (secondary N) is 1. The van der Waals surface area contributed by atoms with Gasteiger partial charge in [-0.3, -0.25) is 0 Å². The van der Waals surface area contributed by atoms with Crippen molar-refractivity contribution in [1.82, 2.24) is 20.4 Å². The maximum absolute atomic E-state index is 5.71. The van der Waals surface area contributed by atoms with Crippen molar-refractivity contribution in [2.75, 3.05) is 47.0 Å². The van der Waals surface area contributed by atoms with Gasteiger partial charge in [-0.15, -0.1) is 0 Å². The Balaban J connectivity index is 1.72. The smallest absolute Gasteiger partial charge is 0.233 e. The minimum Gasteiger partial charge on any atom is -0.381 e. The lowest BCUT2D eigenvalue weighted by molar-refractivity contribution is -0.0264. The Morgan fingerprint density at radius 2 is 2.25 bits per heavy atom. The van der Waals surface area contributed by atoms with Crippen molar-refractivity contribution in [2.24, 2.45) is 0 Å². The van der Waals surface area contributed by atoms with Crippen molar-refractivity contribution in [1.29, 1.82) is 0 Å². The lowest BCUT2D eigenvalue weighted by Gasteiger charge is -2.29. The molecule has 3 unspecified atom stereocenters. The van der Waals surface area contributed by atoms with Crippen molar-refractivity contribution in [3.63, 3.8) is 0 Å². The van der Waals surface area contributed by atoms with Crippen LogP contribution in [-0.4, -0.2) is 68.1 Å². The number of hydrogen-bond donors (Lipinski definition) is 1. The normalized spacial score (nSPS) is 32.4. The van der Waals surface area contributed by atoms with Crippen LogP contribution in [0.2, 0.25) is 0 Å². The van der Waals surface area contributed by atoms with Gasteiger partial charge in [-0.05, 0) is 20.5 Å². The summed E-state index contributed by atoms with van der Waals surface area (Å²) in [6, 6.07) is 0.326. The summed E-state index contributed by atoms with van der Waals surface area (Å²) in [4.78, 5) is 6.75. The molecule has 2 aliphatic rings. The van der Waals surface area contributed by atoms with Crippen molar-refractivity contribution >= 4 is 0 Å². The average molecular weight is 282 g/mol. The second-order valence-electron chi connectivity index (χ2n) is 5.48. The van der Waals surface area contributed by atoms with E-state index >= 15 is 0 Å². The van der Waals surface area contributed by atoms with E-state index in [0.717, 1.165) is 26.1 Å². The lowest BCUT2D eigenvalue weighted by Crippen LogP contribution is -2.39. The molecule has 112 valence electrons. The first-order valence-electron chi connectivity index (χ1n) is 7.16. The Kier molecular flexibility index (Phi) is 4.30. The van der Waals surface area contributed by atoms with Gasteiger partial charge in [0.1, 0.15) is 6.10 Å². The summed E-state index contributed by atoms with van der Waals surface area (Å²) < 4.78 is 16.7. The van der Waals surface area contributed by atoms with E-state index < -0.39 is 0 Å². The van der Waals surface area contributed by atoms with Crippen LogP contribution in [0.25, 0.3) is 0 Å². The van der Waals surface area contributed by atoms with Gasteiger partial charge in [0.15, 0.2) is 0 Å².